The highest BCUT2D eigenvalue weighted by molar-refractivity contribution is 6.32. The average Bonchev–Trinajstić information content (AvgIpc) is 2.63. The molecule has 122 valence electrons. The summed E-state index contributed by atoms with van der Waals surface area (Å²) >= 11 is 6.04. The van der Waals surface area contributed by atoms with Gasteiger partial charge in [0, 0.05) is 17.2 Å². The number of nitrogens with zero attached hydrogens (tertiary/aromatic N) is 3. The zero-order valence-electron chi connectivity index (χ0n) is 13.4. The molecular weight excluding hydrogens is 334 g/mol. The van der Waals surface area contributed by atoms with Crippen LogP contribution in [0.1, 0.15) is 24.0 Å². The van der Waals surface area contributed by atoms with Gasteiger partial charge in [0.15, 0.2) is 0 Å². The molecule has 2 aromatic rings. The summed E-state index contributed by atoms with van der Waals surface area (Å²) in [4.78, 5) is 4.54. The predicted octanol–water partition coefficient (Wildman–Crippen LogP) is 4.68. The van der Waals surface area contributed by atoms with Crippen LogP contribution >= 0.6 is 11.6 Å². The van der Waals surface area contributed by atoms with Crippen molar-refractivity contribution in [1.82, 2.24) is 0 Å². The highest BCUT2D eigenvalue weighted by Gasteiger charge is 2.35. The molecule has 0 fully saturated rings. The molecular formula is C20H14ClN3O. The second kappa shape index (κ2) is 6.81. The fourth-order valence-electron chi connectivity index (χ4n) is 3.04. The first kappa shape index (κ1) is 16.8. The maximum Gasteiger partial charge on any atom is 0.134 e. The molecule has 0 aromatic heterocycles. The van der Waals surface area contributed by atoms with E-state index in [0.717, 1.165) is 5.56 Å². The smallest absolute Gasteiger partial charge is 0.134 e. The predicted molar refractivity (Wildman–Crippen MR) is 97.0 cm³/mol. The monoisotopic (exact) mass is 347 g/mol. The van der Waals surface area contributed by atoms with E-state index in [1.165, 1.54) is 6.07 Å². The summed E-state index contributed by atoms with van der Waals surface area (Å²) in [5.41, 5.74) is 3.17. The molecule has 0 aliphatic carbocycles. The summed E-state index contributed by atoms with van der Waals surface area (Å²) in [7, 11) is 0. The van der Waals surface area contributed by atoms with Crippen molar-refractivity contribution in [3.8, 4) is 17.9 Å². The van der Waals surface area contributed by atoms with Gasteiger partial charge < -0.3 is 5.11 Å². The Morgan fingerprint density at radius 3 is 2.44 bits per heavy atom. The van der Waals surface area contributed by atoms with E-state index in [1.54, 1.807) is 19.1 Å². The average molecular weight is 348 g/mol. The third-order valence-electron chi connectivity index (χ3n) is 4.28. The Morgan fingerprint density at radius 1 is 1.12 bits per heavy atom. The molecule has 0 saturated carbocycles. The number of hydrogen-bond acceptors (Lipinski definition) is 4. The van der Waals surface area contributed by atoms with E-state index < -0.39 is 11.8 Å². The Hall–Kier alpha value is -3.08. The fourth-order valence-corrected chi connectivity index (χ4v) is 3.23. The van der Waals surface area contributed by atoms with Gasteiger partial charge in [-0.15, -0.1) is 0 Å². The minimum Gasteiger partial charge on any atom is -0.506 e. The van der Waals surface area contributed by atoms with Crippen LogP contribution in [0.4, 0.5) is 0 Å². The summed E-state index contributed by atoms with van der Waals surface area (Å²) in [6, 6.07) is 18.7. The third-order valence-corrected chi connectivity index (χ3v) is 4.58. The zero-order chi connectivity index (χ0) is 18.0. The van der Waals surface area contributed by atoms with Crippen molar-refractivity contribution in [3.63, 3.8) is 0 Å². The van der Waals surface area contributed by atoms with E-state index in [4.69, 9.17) is 11.6 Å². The van der Waals surface area contributed by atoms with Crippen LogP contribution < -0.4 is 0 Å². The number of phenolic OH excluding ortho intramolecular Hbond substituents is 1. The summed E-state index contributed by atoms with van der Waals surface area (Å²) in [6.45, 7) is 1.79. The molecule has 2 aromatic carbocycles. The molecule has 3 rings (SSSR count). The van der Waals surface area contributed by atoms with E-state index in [-0.39, 0.29) is 10.8 Å². The number of hydrogen-bond donors (Lipinski definition) is 1. The molecule has 0 bridgehead atoms. The maximum absolute atomic E-state index is 9.81. The largest absolute Gasteiger partial charge is 0.506 e. The topological polar surface area (TPSA) is 80.2 Å². The van der Waals surface area contributed by atoms with Gasteiger partial charge in [-0.25, -0.2) is 0 Å². The standard InChI is InChI=1S/C20H14ClN3O/c1-12-15(10-22)19(14-7-8-18(25)17(21)9-14)16(11-23)20(24-12)13-5-3-2-4-6-13/h2-9,15,19,25H,1H3. The van der Waals surface area contributed by atoms with Gasteiger partial charge in [0.1, 0.15) is 5.75 Å². The molecule has 1 aliphatic heterocycles. The molecule has 0 spiro atoms. The second-order valence-corrected chi connectivity index (χ2v) is 6.20. The summed E-state index contributed by atoms with van der Waals surface area (Å²) in [5.74, 6) is -1.09. The van der Waals surface area contributed by atoms with Gasteiger partial charge in [-0.05, 0) is 24.6 Å². The molecule has 1 aliphatic rings. The van der Waals surface area contributed by atoms with Crippen molar-refractivity contribution < 1.29 is 5.11 Å². The first-order valence-electron chi connectivity index (χ1n) is 7.69. The normalized spacial score (nSPS) is 19.8. The van der Waals surface area contributed by atoms with E-state index in [9.17, 15) is 15.6 Å². The van der Waals surface area contributed by atoms with Gasteiger partial charge in [0.2, 0.25) is 0 Å². The van der Waals surface area contributed by atoms with Crippen LogP contribution in [-0.2, 0) is 0 Å². The molecule has 2 atom stereocenters. The summed E-state index contributed by atoms with van der Waals surface area (Å²) in [6.07, 6.45) is 0. The van der Waals surface area contributed by atoms with Crippen molar-refractivity contribution in [1.29, 1.82) is 10.5 Å². The van der Waals surface area contributed by atoms with Crippen LogP contribution in [-0.4, -0.2) is 10.8 Å². The number of phenols is 1. The van der Waals surface area contributed by atoms with Crippen LogP contribution in [0, 0.1) is 28.6 Å². The fraction of sp³-hybridized carbons (Fsp3) is 0.150. The van der Waals surface area contributed by atoms with E-state index >= 15 is 0 Å². The number of benzene rings is 2. The SMILES string of the molecule is CC1=NC(c2ccccc2)=C(C#N)C(c2ccc(O)c(Cl)c2)C1C#N. The highest BCUT2D eigenvalue weighted by atomic mass is 35.5. The molecule has 5 heteroatoms. The van der Waals surface area contributed by atoms with Crippen LogP contribution in [0.3, 0.4) is 0 Å². The van der Waals surface area contributed by atoms with Crippen LogP contribution in [0.25, 0.3) is 5.70 Å². The lowest BCUT2D eigenvalue weighted by Crippen LogP contribution is -2.24. The maximum atomic E-state index is 9.81. The lowest BCUT2D eigenvalue weighted by Gasteiger charge is -2.28. The van der Waals surface area contributed by atoms with Gasteiger partial charge in [0.05, 0.1) is 34.3 Å². The van der Waals surface area contributed by atoms with E-state index in [0.29, 0.717) is 22.5 Å². The van der Waals surface area contributed by atoms with Gasteiger partial charge in [0.25, 0.3) is 0 Å². The Kier molecular flexibility index (Phi) is 4.57. The number of aromatic hydroxyl groups is 1. The summed E-state index contributed by atoms with van der Waals surface area (Å²) < 4.78 is 0. The number of halogens is 1. The van der Waals surface area contributed by atoms with Crippen LogP contribution in [0.5, 0.6) is 5.75 Å². The van der Waals surface area contributed by atoms with E-state index in [1.807, 2.05) is 30.3 Å². The molecule has 2 unspecified atom stereocenters. The van der Waals surface area contributed by atoms with Gasteiger partial charge in [-0.2, -0.15) is 10.5 Å². The highest BCUT2D eigenvalue weighted by Crippen LogP contribution is 2.42. The lowest BCUT2D eigenvalue weighted by molar-refractivity contribution is 0.475. The molecule has 4 nitrogen and oxygen atoms in total. The van der Waals surface area contributed by atoms with Gasteiger partial charge in [-0.3, -0.25) is 4.99 Å². The Labute approximate surface area is 150 Å². The van der Waals surface area contributed by atoms with Gasteiger partial charge >= 0.3 is 0 Å². The number of aliphatic imine (C=N–C) groups is 1. The molecule has 25 heavy (non-hydrogen) atoms. The van der Waals surface area contributed by atoms with Crippen LogP contribution in [0.15, 0.2) is 59.1 Å². The number of allylic oxidation sites excluding steroid dienone is 1. The molecule has 1 N–H and O–H groups in total. The van der Waals surface area contributed by atoms with E-state index in [2.05, 4.69) is 17.1 Å². The molecule has 0 radical (unpaired) electrons. The van der Waals surface area contributed by atoms with Gasteiger partial charge in [-0.1, -0.05) is 48.0 Å². The minimum atomic E-state index is -0.567. The molecule has 0 saturated heterocycles. The second-order valence-electron chi connectivity index (χ2n) is 5.79. The zero-order valence-corrected chi connectivity index (χ0v) is 14.2. The van der Waals surface area contributed by atoms with Crippen molar-refractivity contribution in [2.45, 2.75) is 12.8 Å². The van der Waals surface area contributed by atoms with Crippen molar-refractivity contribution in [3.05, 3.63) is 70.3 Å². The Morgan fingerprint density at radius 2 is 1.84 bits per heavy atom. The first-order chi connectivity index (χ1) is 12.1. The van der Waals surface area contributed by atoms with Crippen molar-refractivity contribution >= 4 is 23.0 Å². The molecule has 0 amide bonds. The quantitative estimate of drug-likeness (QED) is 0.856. The summed E-state index contributed by atoms with van der Waals surface area (Å²) in [5, 5.41) is 29.3. The Bertz CT molecular complexity index is 965. The lowest BCUT2D eigenvalue weighted by atomic mass is 9.76. The number of rotatable bonds is 2. The Balaban J connectivity index is 2.25. The van der Waals surface area contributed by atoms with Crippen molar-refractivity contribution in [2.24, 2.45) is 10.9 Å². The molecule has 1 heterocycles. The van der Waals surface area contributed by atoms with Crippen molar-refractivity contribution in [2.75, 3.05) is 0 Å². The minimum absolute atomic E-state index is 0.0362. The number of nitriles is 2. The first-order valence-corrected chi connectivity index (χ1v) is 8.07. The third kappa shape index (κ3) is 3.01. The van der Waals surface area contributed by atoms with Crippen LogP contribution in [0.2, 0.25) is 5.02 Å².